The van der Waals surface area contributed by atoms with E-state index in [9.17, 15) is 0 Å². The van der Waals surface area contributed by atoms with Crippen molar-refractivity contribution in [1.82, 2.24) is 5.32 Å². The monoisotopic (exact) mass is 146 g/mol. The Bertz CT molecular complexity index is 102. The molecule has 0 aliphatic carbocycles. The van der Waals surface area contributed by atoms with E-state index in [1.165, 1.54) is 12.8 Å². The van der Waals surface area contributed by atoms with Gasteiger partial charge in [0.2, 0.25) is 0 Å². The van der Waals surface area contributed by atoms with Crippen molar-refractivity contribution in [2.45, 2.75) is 25.3 Å². The SMILES string of the molecule is Cl.N#CC[C@@H]1CCCN1. The number of hydrogen-bond donors (Lipinski definition) is 1. The molecule has 0 aromatic carbocycles. The van der Waals surface area contributed by atoms with E-state index in [4.69, 9.17) is 5.26 Å². The Balaban J connectivity index is 0.000000640. The zero-order valence-corrected chi connectivity index (χ0v) is 6.08. The predicted molar refractivity (Wildman–Crippen MR) is 38.5 cm³/mol. The molecule has 1 aliphatic heterocycles. The molecule has 0 unspecified atom stereocenters. The summed E-state index contributed by atoms with van der Waals surface area (Å²) in [6.07, 6.45) is 3.11. The smallest absolute Gasteiger partial charge is 0.0638 e. The topological polar surface area (TPSA) is 35.8 Å². The molecular weight excluding hydrogens is 136 g/mol. The van der Waals surface area contributed by atoms with Crippen molar-refractivity contribution in [2.24, 2.45) is 0 Å². The van der Waals surface area contributed by atoms with Crippen LogP contribution in [0.1, 0.15) is 19.3 Å². The lowest BCUT2D eigenvalue weighted by molar-refractivity contribution is 0.620. The van der Waals surface area contributed by atoms with Crippen LogP contribution in [0.25, 0.3) is 0 Å². The first kappa shape index (κ1) is 8.74. The van der Waals surface area contributed by atoms with E-state index in [-0.39, 0.29) is 12.4 Å². The maximum absolute atomic E-state index is 8.24. The lowest BCUT2D eigenvalue weighted by Gasteiger charge is -2.00. The van der Waals surface area contributed by atoms with Gasteiger partial charge in [-0.05, 0) is 19.4 Å². The third kappa shape index (κ3) is 2.69. The Labute approximate surface area is 61.7 Å². The van der Waals surface area contributed by atoms with Crippen LogP contribution in [0.3, 0.4) is 0 Å². The fraction of sp³-hybridized carbons (Fsp3) is 0.833. The lowest BCUT2D eigenvalue weighted by atomic mass is 10.2. The molecule has 1 aliphatic rings. The van der Waals surface area contributed by atoms with E-state index in [2.05, 4.69) is 11.4 Å². The maximum Gasteiger partial charge on any atom is 0.0638 e. The zero-order valence-electron chi connectivity index (χ0n) is 5.26. The first-order valence-corrected chi connectivity index (χ1v) is 3.04. The van der Waals surface area contributed by atoms with Gasteiger partial charge in [0.1, 0.15) is 0 Å². The van der Waals surface area contributed by atoms with E-state index in [0.717, 1.165) is 6.54 Å². The standard InChI is InChI=1S/C6H10N2.ClH/c7-4-3-6-2-1-5-8-6;/h6,8H,1-3,5H2;1H/t6-;/m0./s1. The molecule has 9 heavy (non-hydrogen) atoms. The van der Waals surface area contributed by atoms with Crippen molar-refractivity contribution < 1.29 is 0 Å². The Morgan fingerprint density at radius 3 is 2.89 bits per heavy atom. The van der Waals surface area contributed by atoms with E-state index >= 15 is 0 Å². The van der Waals surface area contributed by atoms with Crippen LogP contribution >= 0.6 is 12.4 Å². The minimum Gasteiger partial charge on any atom is -0.313 e. The molecule has 1 atom stereocenters. The number of nitrogens with one attached hydrogen (secondary N) is 1. The zero-order chi connectivity index (χ0) is 5.82. The minimum atomic E-state index is 0. The second-order valence-electron chi connectivity index (χ2n) is 2.16. The Kier molecular flexibility index (Phi) is 4.47. The Morgan fingerprint density at radius 1 is 1.67 bits per heavy atom. The maximum atomic E-state index is 8.24. The van der Waals surface area contributed by atoms with Crippen molar-refractivity contribution in [1.29, 1.82) is 5.26 Å². The van der Waals surface area contributed by atoms with Gasteiger partial charge in [0, 0.05) is 6.04 Å². The molecule has 1 saturated heterocycles. The summed E-state index contributed by atoms with van der Waals surface area (Å²) >= 11 is 0. The van der Waals surface area contributed by atoms with Crippen molar-refractivity contribution in [2.75, 3.05) is 6.54 Å². The van der Waals surface area contributed by atoms with Crippen molar-refractivity contribution in [3.05, 3.63) is 0 Å². The highest BCUT2D eigenvalue weighted by Crippen LogP contribution is 2.06. The lowest BCUT2D eigenvalue weighted by Crippen LogP contribution is -2.19. The Morgan fingerprint density at radius 2 is 2.44 bits per heavy atom. The highest BCUT2D eigenvalue weighted by atomic mass is 35.5. The van der Waals surface area contributed by atoms with Crippen molar-refractivity contribution in [3.63, 3.8) is 0 Å². The molecule has 1 fully saturated rings. The van der Waals surface area contributed by atoms with Crippen molar-refractivity contribution in [3.8, 4) is 6.07 Å². The van der Waals surface area contributed by atoms with Gasteiger partial charge in [-0.2, -0.15) is 5.26 Å². The average Bonchev–Trinajstić information content (AvgIpc) is 2.19. The van der Waals surface area contributed by atoms with E-state index in [1.54, 1.807) is 0 Å². The molecular formula is C6H11ClN2. The second kappa shape index (κ2) is 4.60. The minimum absolute atomic E-state index is 0. The highest BCUT2D eigenvalue weighted by Gasteiger charge is 2.11. The second-order valence-corrected chi connectivity index (χ2v) is 2.16. The highest BCUT2D eigenvalue weighted by molar-refractivity contribution is 5.85. The Hall–Kier alpha value is -0.260. The summed E-state index contributed by atoms with van der Waals surface area (Å²) < 4.78 is 0. The molecule has 3 heteroatoms. The number of rotatable bonds is 1. The molecule has 52 valence electrons. The molecule has 0 saturated carbocycles. The van der Waals surface area contributed by atoms with E-state index < -0.39 is 0 Å². The normalized spacial score (nSPS) is 24.6. The summed E-state index contributed by atoms with van der Waals surface area (Å²) in [5, 5.41) is 11.5. The first-order chi connectivity index (χ1) is 3.93. The molecule has 1 rings (SSSR count). The quantitative estimate of drug-likeness (QED) is 0.601. The number of halogens is 1. The van der Waals surface area contributed by atoms with Crippen LogP contribution in [0.4, 0.5) is 0 Å². The largest absolute Gasteiger partial charge is 0.313 e. The van der Waals surface area contributed by atoms with Crippen LogP contribution in [-0.4, -0.2) is 12.6 Å². The molecule has 0 radical (unpaired) electrons. The van der Waals surface area contributed by atoms with E-state index in [0.29, 0.717) is 12.5 Å². The molecule has 0 spiro atoms. The first-order valence-electron chi connectivity index (χ1n) is 3.04. The summed E-state index contributed by atoms with van der Waals surface area (Å²) in [7, 11) is 0. The van der Waals surface area contributed by atoms with Crippen LogP contribution in [-0.2, 0) is 0 Å². The van der Waals surface area contributed by atoms with Crippen LogP contribution in [0.5, 0.6) is 0 Å². The molecule has 0 bridgehead atoms. The van der Waals surface area contributed by atoms with Gasteiger partial charge in [-0.15, -0.1) is 12.4 Å². The van der Waals surface area contributed by atoms with Gasteiger partial charge in [0.05, 0.1) is 12.5 Å². The predicted octanol–water partition coefficient (Wildman–Crippen LogP) is 1.07. The van der Waals surface area contributed by atoms with Gasteiger partial charge in [-0.25, -0.2) is 0 Å². The third-order valence-corrected chi connectivity index (χ3v) is 1.50. The summed E-state index contributed by atoms with van der Waals surface area (Å²) in [6.45, 7) is 1.10. The molecule has 1 heterocycles. The summed E-state index contributed by atoms with van der Waals surface area (Å²) in [5.41, 5.74) is 0. The van der Waals surface area contributed by atoms with Gasteiger partial charge in [-0.3, -0.25) is 0 Å². The number of nitrogens with zero attached hydrogens (tertiary/aromatic N) is 1. The number of hydrogen-bond acceptors (Lipinski definition) is 2. The summed E-state index contributed by atoms with van der Waals surface area (Å²) in [6, 6.07) is 2.65. The van der Waals surface area contributed by atoms with Crippen LogP contribution in [0.15, 0.2) is 0 Å². The molecule has 1 N–H and O–H groups in total. The molecule has 0 aromatic heterocycles. The van der Waals surface area contributed by atoms with Crippen LogP contribution < -0.4 is 5.32 Å². The fourth-order valence-electron chi connectivity index (χ4n) is 1.04. The van der Waals surface area contributed by atoms with Crippen LogP contribution in [0, 0.1) is 11.3 Å². The third-order valence-electron chi connectivity index (χ3n) is 1.50. The summed E-state index contributed by atoms with van der Waals surface area (Å²) in [4.78, 5) is 0. The molecule has 0 aromatic rings. The van der Waals surface area contributed by atoms with Gasteiger partial charge < -0.3 is 5.32 Å². The van der Waals surface area contributed by atoms with Crippen LogP contribution in [0.2, 0.25) is 0 Å². The van der Waals surface area contributed by atoms with Gasteiger partial charge in [-0.1, -0.05) is 0 Å². The van der Waals surface area contributed by atoms with E-state index in [1.807, 2.05) is 0 Å². The van der Waals surface area contributed by atoms with Gasteiger partial charge in [0.15, 0.2) is 0 Å². The average molecular weight is 147 g/mol. The summed E-state index contributed by atoms with van der Waals surface area (Å²) in [5.74, 6) is 0. The van der Waals surface area contributed by atoms with Gasteiger partial charge >= 0.3 is 0 Å². The molecule has 0 amide bonds. The van der Waals surface area contributed by atoms with Gasteiger partial charge in [0.25, 0.3) is 0 Å². The fourth-order valence-corrected chi connectivity index (χ4v) is 1.04. The van der Waals surface area contributed by atoms with Crippen molar-refractivity contribution >= 4 is 12.4 Å². The molecule has 2 nitrogen and oxygen atoms in total. The number of nitriles is 1.